The van der Waals surface area contributed by atoms with Crippen LogP contribution in [-0.2, 0) is 12.8 Å². The van der Waals surface area contributed by atoms with Crippen LogP contribution in [0.2, 0.25) is 0 Å². The molecule has 2 aromatic heterocycles. The van der Waals surface area contributed by atoms with Crippen LogP contribution < -0.4 is 4.74 Å². The lowest BCUT2D eigenvalue weighted by Crippen LogP contribution is -2.32. The van der Waals surface area contributed by atoms with Crippen molar-refractivity contribution in [2.45, 2.75) is 38.2 Å². The summed E-state index contributed by atoms with van der Waals surface area (Å²) in [5.41, 5.74) is 1.55. The van der Waals surface area contributed by atoms with Gasteiger partial charge in [-0.1, -0.05) is 5.16 Å². The van der Waals surface area contributed by atoms with Gasteiger partial charge in [-0.25, -0.2) is 9.97 Å². The summed E-state index contributed by atoms with van der Waals surface area (Å²) in [6.07, 6.45) is 7.23. The van der Waals surface area contributed by atoms with Crippen LogP contribution in [0.1, 0.15) is 46.8 Å². The Bertz CT molecular complexity index is 841. The first-order valence-electron chi connectivity index (χ1n) is 8.40. The first-order valence-corrected chi connectivity index (χ1v) is 8.40. The lowest BCUT2D eigenvalue weighted by molar-refractivity contribution is 0.0760. The van der Waals surface area contributed by atoms with Gasteiger partial charge in [0.1, 0.15) is 17.9 Å². The molecule has 25 heavy (non-hydrogen) atoms. The quantitative estimate of drug-likeness (QED) is 0.834. The third kappa shape index (κ3) is 2.93. The van der Waals surface area contributed by atoms with Crippen molar-refractivity contribution in [3.8, 4) is 11.9 Å². The number of rotatable bonds is 3. The predicted molar refractivity (Wildman–Crippen MR) is 84.8 cm³/mol. The van der Waals surface area contributed by atoms with Crippen molar-refractivity contribution in [2.24, 2.45) is 0 Å². The highest BCUT2D eigenvalue weighted by Crippen LogP contribution is 2.26. The molecule has 2 aromatic rings. The minimum absolute atomic E-state index is 0.113. The summed E-state index contributed by atoms with van der Waals surface area (Å²) in [4.78, 5) is 22.5. The SMILES string of the molecule is N#Cc1nccnc1OC1CCN(C(=O)c2noc3c2CCCC3)C1. The van der Waals surface area contributed by atoms with Crippen molar-refractivity contribution >= 4 is 5.91 Å². The maximum absolute atomic E-state index is 12.8. The molecule has 0 bridgehead atoms. The van der Waals surface area contributed by atoms with E-state index in [9.17, 15) is 4.79 Å². The number of carbonyl (C=O) groups excluding carboxylic acids is 1. The van der Waals surface area contributed by atoms with Crippen LogP contribution in [0.25, 0.3) is 0 Å². The molecule has 4 rings (SSSR count). The Balaban J connectivity index is 1.45. The van der Waals surface area contributed by atoms with Crippen molar-refractivity contribution in [3.63, 3.8) is 0 Å². The molecule has 8 nitrogen and oxygen atoms in total. The van der Waals surface area contributed by atoms with E-state index in [0.29, 0.717) is 25.2 Å². The number of likely N-dealkylation sites (tertiary alicyclic amines) is 1. The molecule has 3 heterocycles. The summed E-state index contributed by atoms with van der Waals surface area (Å²) in [5, 5.41) is 13.1. The van der Waals surface area contributed by atoms with Gasteiger partial charge >= 0.3 is 0 Å². The number of ether oxygens (including phenoxy) is 1. The zero-order valence-corrected chi connectivity index (χ0v) is 13.6. The molecule has 1 unspecified atom stereocenters. The second-order valence-electron chi connectivity index (χ2n) is 6.24. The highest BCUT2D eigenvalue weighted by molar-refractivity contribution is 5.94. The number of hydrogen-bond donors (Lipinski definition) is 0. The van der Waals surface area contributed by atoms with E-state index in [-0.39, 0.29) is 23.6 Å². The van der Waals surface area contributed by atoms with Gasteiger partial charge < -0.3 is 14.2 Å². The maximum Gasteiger partial charge on any atom is 0.276 e. The zero-order chi connectivity index (χ0) is 17.2. The van der Waals surface area contributed by atoms with Gasteiger partial charge in [0.05, 0.1) is 6.54 Å². The van der Waals surface area contributed by atoms with E-state index in [1.807, 2.05) is 6.07 Å². The number of aryl methyl sites for hydroxylation is 1. The smallest absolute Gasteiger partial charge is 0.276 e. The molecule has 0 saturated carbocycles. The van der Waals surface area contributed by atoms with Gasteiger partial charge in [0.25, 0.3) is 11.8 Å². The molecule has 8 heteroatoms. The average Bonchev–Trinajstić information content (AvgIpc) is 3.28. The van der Waals surface area contributed by atoms with E-state index < -0.39 is 0 Å². The van der Waals surface area contributed by atoms with Crippen LogP contribution in [0.3, 0.4) is 0 Å². The monoisotopic (exact) mass is 339 g/mol. The van der Waals surface area contributed by atoms with E-state index in [0.717, 1.165) is 37.0 Å². The Kier molecular flexibility index (Phi) is 4.06. The van der Waals surface area contributed by atoms with E-state index in [1.54, 1.807) is 4.90 Å². The summed E-state index contributed by atoms with van der Waals surface area (Å²) < 4.78 is 11.1. The number of amides is 1. The molecule has 1 aliphatic heterocycles. The molecular formula is C17H17N5O3. The third-order valence-corrected chi connectivity index (χ3v) is 4.63. The average molecular weight is 339 g/mol. The molecule has 2 aliphatic rings. The number of nitrogens with zero attached hydrogens (tertiary/aromatic N) is 5. The van der Waals surface area contributed by atoms with Crippen LogP contribution in [-0.4, -0.2) is 45.1 Å². The largest absolute Gasteiger partial charge is 0.470 e. The van der Waals surface area contributed by atoms with Gasteiger partial charge in [0.15, 0.2) is 5.69 Å². The van der Waals surface area contributed by atoms with E-state index in [2.05, 4.69) is 15.1 Å². The molecule has 0 spiro atoms. The van der Waals surface area contributed by atoms with E-state index >= 15 is 0 Å². The summed E-state index contributed by atoms with van der Waals surface area (Å²) >= 11 is 0. The fraction of sp³-hybridized carbons (Fsp3) is 0.471. The highest BCUT2D eigenvalue weighted by Gasteiger charge is 2.33. The molecule has 1 amide bonds. The predicted octanol–water partition coefficient (Wildman–Crippen LogP) is 1.51. The van der Waals surface area contributed by atoms with Crippen LogP contribution in [0.5, 0.6) is 5.88 Å². The highest BCUT2D eigenvalue weighted by atomic mass is 16.5. The van der Waals surface area contributed by atoms with Crippen LogP contribution >= 0.6 is 0 Å². The molecular weight excluding hydrogens is 322 g/mol. The molecule has 0 aromatic carbocycles. The van der Waals surface area contributed by atoms with E-state index in [4.69, 9.17) is 14.5 Å². The minimum Gasteiger partial charge on any atom is -0.470 e. The number of fused-ring (bicyclic) bond motifs is 1. The Morgan fingerprint density at radius 2 is 2.16 bits per heavy atom. The van der Waals surface area contributed by atoms with E-state index in [1.165, 1.54) is 12.4 Å². The summed E-state index contributed by atoms with van der Waals surface area (Å²) in [6, 6.07) is 1.96. The second-order valence-corrected chi connectivity index (χ2v) is 6.24. The molecule has 0 radical (unpaired) electrons. The zero-order valence-electron chi connectivity index (χ0n) is 13.6. The molecule has 0 N–H and O–H groups in total. The molecule has 128 valence electrons. The lowest BCUT2D eigenvalue weighted by atomic mass is 9.96. The van der Waals surface area contributed by atoms with Gasteiger partial charge in [-0.15, -0.1) is 0 Å². The van der Waals surface area contributed by atoms with Crippen LogP contribution in [0, 0.1) is 11.3 Å². The van der Waals surface area contributed by atoms with Crippen molar-refractivity contribution in [1.29, 1.82) is 5.26 Å². The standard InChI is InChI=1S/C17H17N5O3/c18-9-13-16(20-7-6-19-13)24-11-5-8-22(10-11)17(23)15-12-3-1-2-4-14(12)25-21-15/h6-7,11H,1-5,8,10H2. The topological polar surface area (TPSA) is 105 Å². The van der Waals surface area contributed by atoms with Gasteiger partial charge in [0.2, 0.25) is 5.69 Å². The Hall–Kier alpha value is -2.95. The number of hydrogen-bond acceptors (Lipinski definition) is 7. The maximum atomic E-state index is 12.8. The third-order valence-electron chi connectivity index (χ3n) is 4.63. The Labute approximate surface area is 144 Å². The fourth-order valence-electron chi connectivity index (χ4n) is 3.36. The van der Waals surface area contributed by atoms with Gasteiger partial charge in [-0.3, -0.25) is 4.79 Å². The van der Waals surface area contributed by atoms with Crippen molar-refractivity contribution < 1.29 is 14.1 Å². The normalized spacial score (nSPS) is 19.3. The first-order chi connectivity index (χ1) is 12.3. The van der Waals surface area contributed by atoms with Crippen molar-refractivity contribution in [3.05, 3.63) is 35.1 Å². The van der Waals surface area contributed by atoms with Crippen LogP contribution in [0.15, 0.2) is 16.9 Å². The molecule has 1 fully saturated rings. The second kappa shape index (κ2) is 6.51. The molecule has 1 atom stereocenters. The lowest BCUT2D eigenvalue weighted by Gasteiger charge is -2.17. The van der Waals surface area contributed by atoms with Crippen molar-refractivity contribution in [2.75, 3.05) is 13.1 Å². The number of aromatic nitrogens is 3. The van der Waals surface area contributed by atoms with Crippen molar-refractivity contribution in [1.82, 2.24) is 20.0 Å². The Morgan fingerprint density at radius 3 is 3.04 bits per heavy atom. The number of nitriles is 1. The fourth-order valence-corrected chi connectivity index (χ4v) is 3.36. The minimum atomic E-state index is -0.213. The summed E-state index contributed by atoms with van der Waals surface area (Å²) in [5.74, 6) is 0.945. The van der Waals surface area contributed by atoms with Crippen LogP contribution in [0.4, 0.5) is 0 Å². The van der Waals surface area contributed by atoms with Gasteiger partial charge in [-0.2, -0.15) is 5.26 Å². The van der Waals surface area contributed by atoms with Gasteiger partial charge in [0, 0.05) is 37.3 Å². The van der Waals surface area contributed by atoms with Gasteiger partial charge in [-0.05, 0) is 19.3 Å². The first kappa shape index (κ1) is 15.6. The number of carbonyl (C=O) groups is 1. The summed E-state index contributed by atoms with van der Waals surface area (Å²) in [6.45, 7) is 1.01. The molecule has 1 saturated heterocycles. The molecule has 1 aliphatic carbocycles. The Morgan fingerprint density at radius 1 is 1.32 bits per heavy atom. The summed E-state index contributed by atoms with van der Waals surface area (Å²) in [7, 11) is 0.